The van der Waals surface area contributed by atoms with Gasteiger partial charge < -0.3 is 10.1 Å². The van der Waals surface area contributed by atoms with Gasteiger partial charge in [-0.1, -0.05) is 35.9 Å². The average molecular weight is 437 g/mol. The van der Waals surface area contributed by atoms with Gasteiger partial charge in [-0.25, -0.2) is 9.07 Å². The minimum Gasteiger partial charge on any atom is -0.480 e. The van der Waals surface area contributed by atoms with E-state index in [2.05, 4.69) is 15.4 Å². The summed E-state index contributed by atoms with van der Waals surface area (Å²) in [7, 11) is 0. The molecule has 4 heterocycles. The number of fused-ring (bicyclic) bond motifs is 3. The second-order valence-corrected chi connectivity index (χ2v) is 8.48. The van der Waals surface area contributed by atoms with Gasteiger partial charge >= 0.3 is 0 Å². The zero-order chi connectivity index (χ0) is 20.2. The molecule has 0 unspecified atom stereocenters. The monoisotopic (exact) mass is 436 g/mol. The van der Waals surface area contributed by atoms with Crippen molar-refractivity contribution in [1.82, 2.24) is 14.8 Å². The molecule has 5 nitrogen and oxygen atoms in total. The van der Waals surface area contributed by atoms with Crippen molar-refractivity contribution in [2.45, 2.75) is 12.1 Å². The molecule has 2 aliphatic rings. The maximum atomic E-state index is 14.9. The third-order valence-corrected chi connectivity index (χ3v) is 6.54. The van der Waals surface area contributed by atoms with E-state index in [0.717, 1.165) is 21.7 Å². The van der Waals surface area contributed by atoms with Gasteiger partial charge in [-0.3, -0.25) is 0 Å². The Labute approximate surface area is 180 Å². The highest BCUT2D eigenvalue weighted by Crippen LogP contribution is 2.51. The molecule has 0 bridgehead atoms. The summed E-state index contributed by atoms with van der Waals surface area (Å²) in [6.07, 6.45) is 0.881. The summed E-state index contributed by atoms with van der Waals surface area (Å²) < 4.78 is 23.1. The summed E-state index contributed by atoms with van der Waals surface area (Å²) in [5.74, 6) is 0.935. The molecule has 1 N–H and O–H groups in total. The van der Waals surface area contributed by atoms with Crippen molar-refractivity contribution >= 4 is 34.6 Å². The highest BCUT2D eigenvalue weighted by molar-refractivity contribution is 7.10. The van der Waals surface area contributed by atoms with Gasteiger partial charge in [0.2, 0.25) is 5.95 Å². The number of nitrogens with zero attached hydrogens (tertiary/aromatic N) is 3. The van der Waals surface area contributed by atoms with Crippen LogP contribution in [0.1, 0.15) is 28.1 Å². The van der Waals surface area contributed by atoms with Gasteiger partial charge in [-0.2, -0.15) is 10.1 Å². The number of aromatic nitrogens is 3. The summed E-state index contributed by atoms with van der Waals surface area (Å²) in [6, 6.07) is 15.9. The molecule has 148 valence electrons. The van der Waals surface area contributed by atoms with E-state index >= 15 is 0 Å². The highest BCUT2D eigenvalue weighted by Gasteiger charge is 2.42. The van der Waals surface area contributed by atoms with Crippen molar-refractivity contribution in [2.75, 3.05) is 5.32 Å². The predicted molar refractivity (Wildman–Crippen MR) is 114 cm³/mol. The lowest BCUT2D eigenvalue weighted by Crippen LogP contribution is -2.32. The number of hydrogen-bond acceptors (Lipinski definition) is 5. The maximum Gasteiger partial charge on any atom is 0.226 e. The first kappa shape index (κ1) is 17.7. The van der Waals surface area contributed by atoms with Crippen LogP contribution < -0.4 is 10.1 Å². The third kappa shape index (κ3) is 2.59. The molecule has 2 aromatic carbocycles. The molecule has 6 rings (SSSR count). The Balaban J connectivity index is 1.66. The smallest absolute Gasteiger partial charge is 0.226 e. The quantitative estimate of drug-likeness (QED) is 0.438. The molecule has 0 fully saturated rings. The lowest BCUT2D eigenvalue weighted by atomic mass is 9.87. The van der Waals surface area contributed by atoms with E-state index in [1.165, 1.54) is 12.4 Å². The lowest BCUT2D eigenvalue weighted by molar-refractivity contribution is 0.218. The molecule has 0 radical (unpaired) electrons. The average Bonchev–Trinajstić information content (AvgIpc) is 3.44. The van der Waals surface area contributed by atoms with Crippen molar-refractivity contribution in [3.05, 3.63) is 98.7 Å². The van der Waals surface area contributed by atoms with E-state index in [-0.39, 0.29) is 11.9 Å². The first-order valence-corrected chi connectivity index (χ1v) is 10.6. The fourth-order valence-electron chi connectivity index (χ4n) is 4.11. The number of benzene rings is 2. The molecule has 8 heteroatoms. The Hall–Kier alpha value is -3.16. The fourth-order valence-corrected chi connectivity index (χ4v) is 5.11. The van der Waals surface area contributed by atoms with Crippen LogP contribution in [0.15, 0.2) is 71.9 Å². The van der Waals surface area contributed by atoms with E-state index in [9.17, 15) is 4.39 Å². The van der Waals surface area contributed by atoms with Gasteiger partial charge in [0.05, 0.1) is 5.70 Å². The van der Waals surface area contributed by atoms with E-state index in [0.29, 0.717) is 22.3 Å². The van der Waals surface area contributed by atoms with Gasteiger partial charge in [0, 0.05) is 26.6 Å². The first-order chi connectivity index (χ1) is 14.7. The molecule has 0 aliphatic carbocycles. The Morgan fingerprint density at radius 2 is 2.03 bits per heavy atom. The standard InChI is InChI=1S/C22H14ClFN4OS/c23-12-7-8-16-14(10-12)19-18(21(29-16)13-4-1-2-5-15(13)24)20(17-6-3-9-30-17)28-22(27-19)25-11-26-28/h1-11,20-21H,(H,25,26,27)/t20-,21-/m0/s1. The molecule has 30 heavy (non-hydrogen) atoms. The summed E-state index contributed by atoms with van der Waals surface area (Å²) in [5.41, 5.74) is 2.99. The number of nitrogens with one attached hydrogen (secondary N) is 1. The van der Waals surface area contributed by atoms with Crippen LogP contribution in [-0.2, 0) is 0 Å². The van der Waals surface area contributed by atoms with Crippen LogP contribution in [0.2, 0.25) is 5.02 Å². The number of halogens is 2. The van der Waals surface area contributed by atoms with Crippen molar-refractivity contribution in [1.29, 1.82) is 0 Å². The summed E-state index contributed by atoms with van der Waals surface area (Å²) >= 11 is 7.92. The SMILES string of the molecule is Fc1ccccc1[C@@H]1Oc2ccc(Cl)cc2C2=C1[C@H](c1cccs1)n1ncnc1N2. The van der Waals surface area contributed by atoms with Gasteiger partial charge in [-0.05, 0) is 35.7 Å². The first-order valence-electron chi connectivity index (χ1n) is 9.35. The largest absolute Gasteiger partial charge is 0.480 e. The molecule has 4 aromatic rings. The van der Waals surface area contributed by atoms with Gasteiger partial charge in [0.1, 0.15) is 23.9 Å². The van der Waals surface area contributed by atoms with Crippen LogP contribution in [0.25, 0.3) is 5.70 Å². The van der Waals surface area contributed by atoms with E-state index in [1.807, 2.05) is 40.4 Å². The summed E-state index contributed by atoms with van der Waals surface area (Å²) in [6.45, 7) is 0. The zero-order valence-corrected chi connectivity index (χ0v) is 17.0. The van der Waals surface area contributed by atoms with Crippen LogP contribution in [0, 0.1) is 5.82 Å². The number of ether oxygens (including phenoxy) is 1. The Morgan fingerprint density at radius 3 is 2.87 bits per heavy atom. The Kier molecular flexibility index (Phi) is 3.94. The van der Waals surface area contributed by atoms with E-state index in [4.69, 9.17) is 16.3 Å². The molecular weight excluding hydrogens is 423 g/mol. The highest BCUT2D eigenvalue weighted by atomic mass is 35.5. The van der Waals surface area contributed by atoms with Crippen molar-refractivity contribution in [3.63, 3.8) is 0 Å². The molecule has 0 saturated heterocycles. The molecule has 0 saturated carbocycles. The van der Waals surface area contributed by atoms with Crippen LogP contribution in [0.3, 0.4) is 0 Å². The number of rotatable bonds is 2. The number of hydrogen-bond donors (Lipinski definition) is 1. The Bertz CT molecular complexity index is 1300. The zero-order valence-electron chi connectivity index (χ0n) is 15.4. The number of anilines is 1. The molecule has 0 spiro atoms. The van der Waals surface area contributed by atoms with Crippen LogP contribution >= 0.6 is 22.9 Å². The predicted octanol–water partition coefficient (Wildman–Crippen LogP) is 5.69. The normalized spacial score (nSPS) is 19.4. The fraction of sp³-hybridized carbons (Fsp3) is 0.0909. The molecule has 0 amide bonds. The summed E-state index contributed by atoms with van der Waals surface area (Å²) in [4.78, 5) is 5.44. The molecular formula is C22H14ClFN4OS. The van der Waals surface area contributed by atoms with Gasteiger partial charge in [0.15, 0.2) is 6.10 Å². The third-order valence-electron chi connectivity index (χ3n) is 5.38. The Morgan fingerprint density at radius 1 is 1.13 bits per heavy atom. The van der Waals surface area contributed by atoms with Crippen LogP contribution in [0.4, 0.5) is 10.3 Å². The minimum atomic E-state index is -0.633. The second-order valence-electron chi connectivity index (χ2n) is 7.06. The van der Waals surface area contributed by atoms with Crippen LogP contribution in [0.5, 0.6) is 5.75 Å². The van der Waals surface area contributed by atoms with E-state index < -0.39 is 6.10 Å². The maximum absolute atomic E-state index is 14.9. The number of thiophene rings is 1. The molecule has 2 aromatic heterocycles. The second kappa shape index (κ2) is 6.68. The van der Waals surface area contributed by atoms with Gasteiger partial charge in [0.25, 0.3) is 0 Å². The molecule has 2 atom stereocenters. The lowest BCUT2D eigenvalue weighted by Gasteiger charge is -2.38. The molecule has 2 aliphatic heterocycles. The van der Waals surface area contributed by atoms with Crippen molar-refractivity contribution < 1.29 is 9.13 Å². The summed E-state index contributed by atoms with van der Waals surface area (Å²) in [5, 5.41) is 10.4. The van der Waals surface area contributed by atoms with E-state index in [1.54, 1.807) is 29.5 Å². The minimum absolute atomic E-state index is 0.282. The topological polar surface area (TPSA) is 52.0 Å². The van der Waals surface area contributed by atoms with Crippen molar-refractivity contribution in [3.8, 4) is 5.75 Å². The van der Waals surface area contributed by atoms with Crippen molar-refractivity contribution in [2.24, 2.45) is 0 Å². The van der Waals surface area contributed by atoms with Crippen LogP contribution in [-0.4, -0.2) is 14.8 Å². The van der Waals surface area contributed by atoms with Gasteiger partial charge in [-0.15, -0.1) is 11.3 Å².